The SMILES string of the molecule is COc1cccc(NC(=O)N2CCN(S(=O)(=O)c3ccc(Nc4ccnc5cc(Cl)ccc45)cc3)CC2)c1OC. The Hall–Kier alpha value is -4.06. The minimum Gasteiger partial charge on any atom is -0.493 e. The molecule has 4 aromatic rings. The number of sulfonamides is 1. The number of nitrogens with one attached hydrogen (secondary N) is 2. The normalized spacial score (nSPS) is 14.1. The highest BCUT2D eigenvalue weighted by Gasteiger charge is 2.30. The van der Waals surface area contributed by atoms with E-state index in [1.165, 1.54) is 18.5 Å². The van der Waals surface area contributed by atoms with Gasteiger partial charge < -0.3 is 25.0 Å². The van der Waals surface area contributed by atoms with E-state index in [4.69, 9.17) is 21.1 Å². The van der Waals surface area contributed by atoms with E-state index in [2.05, 4.69) is 15.6 Å². The fourth-order valence-corrected chi connectivity index (χ4v) is 6.14. The summed E-state index contributed by atoms with van der Waals surface area (Å²) in [5.74, 6) is 0.912. The van der Waals surface area contributed by atoms with Gasteiger partial charge in [-0.05, 0) is 60.7 Å². The molecule has 12 heteroatoms. The van der Waals surface area contributed by atoms with Gasteiger partial charge in [-0.25, -0.2) is 13.2 Å². The van der Waals surface area contributed by atoms with Crippen LogP contribution < -0.4 is 20.1 Å². The minimum atomic E-state index is -3.73. The van der Waals surface area contributed by atoms with Crippen LogP contribution in [0.1, 0.15) is 0 Å². The number of ether oxygens (including phenoxy) is 2. The zero-order valence-corrected chi connectivity index (χ0v) is 23.5. The number of urea groups is 1. The van der Waals surface area contributed by atoms with Crippen molar-refractivity contribution in [2.75, 3.05) is 51.0 Å². The third-order valence-electron chi connectivity index (χ3n) is 6.65. The van der Waals surface area contributed by atoms with E-state index >= 15 is 0 Å². The zero-order chi connectivity index (χ0) is 28.3. The molecule has 5 rings (SSSR count). The van der Waals surface area contributed by atoms with Crippen molar-refractivity contribution in [3.8, 4) is 11.5 Å². The van der Waals surface area contributed by atoms with Crippen LogP contribution in [-0.2, 0) is 10.0 Å². The molecule has 3 aromatic carbocycles. The number of rotatable bonds is 7. The standard InChI is InChI=1S/C28H28ClN5O5S/c1-38-26-5-3-4-24(27(26)39-2)32-28(35)33-14-16-34(17-15-33)40(36,37)21-9-7-20(8-10-21)31-23-12-13-30-25-18-19(29)6-11-22(23)25/h3-13,18H,14-17H2,1-2H3,(H,30,31)(H,32,35). The van der Waals surface area contributed by atoms with Crippen LogP contribution >= 0.6 is 11.6 Å². The van der Waals surface area contributed by atoms with Crippen molar-refractivity contribution < 1.29 is 22.7 Å². The van der Waals surface area contributed by atoms with Gasteiger partial charge in [-0.3, -0.25) is 4.98 Å². The number of para-hydroxylation sites is 1. The van der Waals surface area contributed by atoms with Gasteiger partial charge in [0.1, 0.15) is 0 Å². The highest BCUT2D eigenvalue weighted by molar-refractivity contribution is 7.89. The number of piperazine rings is 1. The van der Waals surface area contributed by atoms with Crippen LogP contribution in [0.5, 0.6) is 11.5 Å². The number of hydrogen-bond acceptors (Lipinski definition) is 7. The number of fused-ring (bicyclic) bond motifs is 1. The van der Waals surface area contributed by atoms with Gasteiger partial charge in [0.15, 0.2) is 11.5 Å². The Labute approximate surface area is 237 Å². The lowest BCUT2D eigenvalue weighted by atomic mass is 10.2. The molecule has 1 saturated heterocycles. The van der Waals surface area contributed by atoms with Crippen LogP contribution in [-0.4, -0.2) is 69.0 Å². The minimum absolute atomic E-state index is 0.177. The highest BCUT2D eigenvalue weighted by atomic mass is 35.5. The molecule has 2 amide bonds. The van der Waals surface area contributed by atoms with Gasteiger partial charge >= 0.3 is 6.03 Å². The number of aromatic nitrogens is 1. The fraction of sp³-hybridized carbons (Fsp3) is 0.214. The molecule has 2 heterocycles. The molecule has 1 aliphatic heterocycles. The van der Waals surface area contributed by atoms with Gasteiger partial charge in [0.05, 0.1) is 30.3 Å². The number of pyridine rings is 1. The summed E-state index contributed by atoms with van der Waals surface area (Å²) in [6, 6.07) is 18.8. The molecule has 0 atom stereocenters. The molecule has 40 heavy (non-hydrogen) atoms. The number of halogens is 1. The number of hydrogen-bond donors (Lipinski definition) is 2. The first kappa shape index (κ1) is 27.5. The van der Waals surface area contributed by atoms with Gasteiger partial charge in [0, 0.05) is 54.2 Å². The Kier molecular flexibility index (Phi) is 7.97. The second kappa shape index (κ2) is 11.6. The predicted octanol–water partition coefficient (Wildman–Crippen LogP) is 5.19. The van der Waals surface area contributed by atoms with E-state index in [0.717, 1.165) is 22.3 Å². The number of carbonyl (C=O) groups is 1. The largest absolute Gasteiger partial charge is 0.493 e. The van der Waals surface area contributed by atoms with E-state index < -0.39 is 10.0 Å². The molecule has 208 valence electrons. The topological polar surface area (TPSA) is 113 Å². The molecule has 0 saturated carbocycles. The highest BCUT2D eigenvalue weighted by Crippen LogP contribution is 2.35. The molecule has 2 N–H and O–H groups in total. The maximum atomic E-state index is 13.3. The van der Waals surface area contributed by atoms with Crippen molar-refractivity contribution in [2.24, 2.45) is 0 Å². The molecule has 10 nitrogen and oxygen atoms in total. The zero-order valence-electron chi connectivity index (χ0n) is 21.9. The summed E-state index contributed by atoms with van der Waals surface area (Å²) in [6.45, 7) is 0.847. The molecule has 0 bridgehead atoms. The first-order chi connectivity index (χ1) is 19.3. The number of carbonyl (C=O) groups excluding carboxylic acids is 1. The van der Waals surface area contributed by atoms with Gasteiger partial charge in [0.2, 0.25) is 10.0 Å². The molecular formula is C28H28ClN5O5S. The Morgan fingerprint density at radius 3 is 2.38 bits per heavy atom. The van der Waals surface area contributed by atoms with Crippen molar-refractivity contribution in [3.63, 3.8) is 0 Å². The maximum Gasteiger partial charge on any atom is 0.322 e. The lowest BCUT2D eigenvalue weighted by Crippen LogP contribution is -2.51. The average molecular weight is 582 g/mol. The van der Waals surface area contributed by atoms with Crippen molar-refractivity contribution in [1.29, 1.82) is 0 Å². The van der Waals surface area contributed by atoms with Gasteiger partial charge in [-0.15, -0.1) is 0 Å². The summed E-state index contributed by atoms with van der Waals surface area (Å²) in [7, 11) is -0.715. The van der Waals surface area contributed by atoms with E-state index in [0.29, 0.717) is 22.2 Å². The van der Waals surface area contributed by atoms with Crippen molar-refractivity contribution >= 4 is 55.6 Å². The molecule has 1 aromatic heterocycles. The van der Waals surface area contributed by atoms with Crippen LogP contribution in [0.3, 0.4) is 0 Å². The summed E-state index contributed by atoms with van der Waals surface area (Å²) >= 11 is 6.08. The second-order valence-electron chi connectivity index (χ2n) is 9.03. The first-order valence-corrected chi connectivity index (χ1v) is 14.3. The average Bonchev–Trinajstić information content (AvgIpc) is 2.97. The first-order valence-electron chi connectivity index (χ1n) is 12.5. The Bertz CT molecular complexity index is 1640. The van der Waals surface area contributed by atoms with Gasteiger partial charge in [-0.1, -0.05) is 17.7 Å². The number of amides is 2. The van der Waals surface area contributed by atoms with E-state index in [9.17, 15) is 13.2 Å². The molecular weight excluding hydrogens is 554 g/mol. The third kappa shape index (κ3) is 5.62. The molecule has 0 unspecified atom stereocenters. The van der Waals surface area contributed by atoms with Crippen molar-refractivity contribution in [1.82, 2.24) is 14.2 Å². The Morgan fingerprint density at radius 2 is 1.68 bits per heavy atom. The van der Waals surface area contributed by atoms with E-state index in [1.54, 1.807) is 65.7 Å². The quantitative estimate of drug-likeness (QED) is 0.309. The number of nitrogens with zero attached hydrogens (tertiary/aromatic N) is 3. The molecule has 1 aliphatic rings. The lowest BCUT2D eigenvalue weighted by molar-refractivity contribution is 0.184. The predicted molar refractivity (Wildman–Crippen MR) is 155 cm³/mol. The molecule has 0 spiro atoms. The van der Waals surface area contributed by atoms with Crippen LogP contribution in [0.4, 0.5) is 21.9 Å². The maximum absolute atomic E-state index is 13.3. The van der Waals surface area contributed by atoms with E-state index in [-0.39, 0.29) is 37.1 Å². The summed E-state index contributed by atoms with van der Waals surface area (Å²) in [4.78, 5) is 19.0. The number of benzene rings is 3. The van der Waals surface area contributed by atoms with Gasteiger partial charge in [0.25, 0.3) is 0 Å². The summed E-state index contributed by atoms with van der Waals surface area (Å²) < 4.78 is 38.7. The summed E-state index contributed by atoms with van der Waals surface area (Å²) in [6.07, 6.45) is 1.69. The molecule has 0 aliphatic carbocycles. The van der Waals surface area contributed by atoms with Crippen LogP contribution in [0.2, 0.25) is 5.02 Å². The van der Waals surface area contributed by atoms with Crippen molar-refractivity contribution in [2.45, 2.75) is 4.90 Å². The second-order valence-corrected chi connectivity index (χ2v) is 11.4. The van der Waals surface area contributed by atoms with Crippen LogP contribution in [0.25, 0.3) is 10.9 Å². The number of methoxy groups -OCH3 is 2. The fourth-order valence-electron chi connectivity index (χ4n) is 4.56. The third-order valence-corrected chi connectivity index (χ3v) is 8.79. The Morgan fingerprint density at radius 1 is 0.925 bits per heavy atom. The summed E-state index contributed by atoms with van der Waals surface area (Å²) in [5.41, 5.74) is 2.79. The number of anilines is 3. The Balaban J connectivity index is 1.22. The summed E-state index contributed by atoms with van der Waals surface area (Å²) in [5, 5.41) is 7.65. The molecule has 1 fully saturated rings. The van der Waals surface area contributed by atoms with Crippen molar-refractivity contribution in [3.05, 3.63) is 77.9 Å². The smallest absolute Gasteiger partial charge is 0.322 e. The van der Waals surface area contributed by atoms with Gasteiger partial charge in [-0.2, -0.15) is 4.31 Å². The van der Waals surface area contributed by atoms with E-state index in [1.807, 2.05) is 12.1 Å². The van der Waals surface area contributed by atoms with Crippen LogP contribution in [0.15, 0.2) is 77.8 Å². The van der Waals surface area contributed by atoms with Crippen LogP contribution in [0, 0.1) is 0 Å². The molecule has 0 radical (unpaired) electrons. The lowest BCUT2D eigenvalue weighted by Gasteiger charge is -2.34. The monoisotopic (exact) mass is 581 g/mol.